The zero-order valence-electron chi connectivity index (χ0n) is 20.5. The van der Waals surface area contributed by atoms with Crippen LogP contribution >= 0.6 is 0 Å². The average Bonchev–Trinajstić information content (AvgIpc) is 3.39. The summed E-state index contributed by atoms with van der Waals surface area (Å²) in [5, 5.41) is 1.29. The van der Waals surface area contributed by atoms with Gasteiger partial charge in [-0.05, 0) is 39.4 Å². The number of nitrogens with zero attached hydrogens (tertiary/aromatic N) is 3. The Labute approximate surface area is 209 Å². The second kappa shape index (κ2) is 8.89. The molecule has 0 bridgehead atoms. The molecule has 0 saturated carbocycles. The molecule has 2 unspecified atom stereocenters. The van der Waals surface area contributed by atoms with Crippen LogP contribution in [0.15, 0.2) is 72.8 Å². The molecule has 0 spiro atoms. The summed E-state index contributed by atoms with van der Waals surface area (Å²) < 4.78 is 0. The second-order valence-electron chi connectivity index (χ2n) is 9.21. The van der Waals surface area contributed by atoms with Gasteiger partial charge in [0, 0.05) is 34.0 Å². The van der Waals surface area contributed by atoms with E-state index in [-0.39, 0.29) is 11.8 Å². The van der Waals surface area contributed by atoms with E-state index in [4.69, 9.17) is 10.6 Å². The quantitative estimate of drug-likeness (QED) is 0.612. The van der Waals surface area contributed by atoms with Crippen LogP contribution in [0, 0.1) is 0 Å². The summed E-state index contributed by atoms with van der Waals surface area (Å²) in [5.41, 5.74) is 10.2. The van der Waals surface area contributed by atoms with Crippen molar-refractivity contribution in [2.45, 2.75) is 38.8 Å². The molecule has 2 aliphatic heterocycles. The number of hydrogen-bond donors (Lipinski definition) is 1. The SMILES string of the molecule is CC(=O)ON1C(N)N(C)C(=O)C1(c1ccccc1)c1cccc(-c2cccc3c2CN(C(C)=O)C3)c1. The first-order valence-corrected chi connectivity index (χ1v) is 11.8. The van der Waals surface area contributed by atoms with Gasteiger partial charge in [0.05, 0.1) is 0 Å². The summed E-state index contributed by atoms with van der Waals surface area (Å²) in [6, 6.07) is 22.9. The molecule has 2 aliphatic rings. The van der Waals surface area contributed by atoms with Crippen LogP contribution in [-0.4, -0.2) is 46.0 Å². The van der Waals surface area contributed by atoms with Gasteiger partial charge in [0.25, 0.3) is 5.91 Å². The van der Waals surface area contributed by atoms with Gasteiger partial charge in [-0.25, -0.2) is 0 Å². The van der Waals surface area contributed by atoms with Crippen molar-refractivity contribution in [3.63, 3.8) is 0 Å². The molecule has 2 N–H and O–H groups in total. The van der Waals surface area contributed by atoms with Crippen LogP contribution in [0.4, 0.5) is 0 Å². The van der Waals surface area contributed by atoms with Crippen LogP contribution < -0.4 is 5.73 Å². The molecule has 8 nitrogen and oxygen atoms in total. The first-order chi connectivity index (χ1) is 17.2. The summed E-state index contributed by atoms with van der Waals surface area (Å²) in [7, 11) is 1.60. The molecule has 8 heteroatoms. The van der Waals surface area contributed by atoms with Crippen LogP contribution in [0.5, 0.6) is 0 Å². The molecular weight excluding hydrogens is 456 g/mol. The largest absolute Gasteiger partial charge is 0.363 e. The Morgan fingerprint density at radius 3 is 2.33 bits per heavy atom. The molecule has 2 atom stereocenters. The van der Waals surface area contributed by atoms with E-state index in [1.165, 1.54) is 16.9 Å². The normalized spacial score (nSPS) is 21.6. The highest BCUT2D eigenvalue weighted by Gasteiger charge is 2.60. The van der Waals surface area contributed by atoms with Gasteiger partial charge in [0.2, 0.25) is 5.91 Å². The summed E-state index contributed by atoms with van der Waals surface area (Å²) in [5.74, 6) is -0.851. The van der Waals surface area contributed by atoms with E-state index in [1.54, 1.807) is 18.9 Å². The van der Waals surface area contributed by atoms with Gasteiger partial charge in [0.1, 0.15) is 0 Å². The van der Waals surface area contributed by atoms with Crippen molar-refractivity contribution in [1.29, 1.82) is 0 Å². The maximum Gasteiger partial charge on any atom is 0.322 e. The van der Waals surface area contributed by atoms with Gasteiger partial charge >= 0.3 is 5.97 Å². The zero-order chi connectivity index (χ0) is 25.6. The van der Waals surface area contributed by atoms with E-state index in [1.807, 2.05) is 72.8 Å². The Morgan fingerprint density at radius 2 is 1.64 bits per heavy atom. The topological polar surface area (TPSA) is 96.2 Å². The number of carbonyl (C=O) groups excluding carboxylic acids is 3. The number of likely N-dealkylation sites (N-methyl/N-ethyl adjacent to an activating group) is 1. The van der Waals surface area contributed by atoms with Crippen molar-refractivity contribution in [1.82, 2.24) is 14.9 Å². The molecule has 0 aliphatic carbocycles. The van der Waals surface area contributed by atoms with Crippen molar-refractivity contribution in [3.8, 4) is 11.1 Å². The minimum absolute atomic E-state index is 0.0273. The lowest BCUT2D eigenvalue weighted by atomic mass is 9.81. The fraction of sp³-hybridized carbons (Fsp3) is 0.250. The van der Waals surface area contributed by atoms with Crippen LogP contribution in [0.2, 0.25) is 0 Å². The predicted octanol–water partition coefficient (Wildman–Crippen LogP) is 2.95. The number of fused-ring (bicyclic) bond motifs is 1. The third-order valence-electron chi connectivity index (χ3n) is 7.04. The summed E-state index contributed by atoms with van der Waals surface area (Å²) in [4.78, 5) is 46.9. The van der Waals surface area contributed by atoms with E-state index in [0.29, 0.717) is 24.2 Å². The maximum absolute atomic E-state index is 14.0. The van der Waals surface area contributed by atoms with Gasteiger partial charge in [-0.1, -0.05) is 71.8 Å². The van der Waals surface area contributed by atoms with Crippen LogP contribution in [0.1, 0.15) is 36.1 Å². The molecular formula is C28H28N4O4. The standard InChI is InChI=1S/C28H28N4O4/c1-18(33)31-16-21-10-8-14-24(25(21)17-31)20-9-7-13-23(15-20)28(22-11-5-4-6-12-22)26(35)30(3)27(29)32(28)36-19(2)34/h4-15,27H,16-17,29H2,1-3H3. The first kappa shape index (κ1) is 23.7. The van der Waals surface area contributed by atoms with Crippen LogP contribution in [0.3, 0.4) is 0 Å². The van der Waals surface area contributed by atoms with Gasteiger partial charge in [-0.15, -0.1) is 0 Å². The van der Waals surface area contributed by atoms with Gasteiger partial charge in [-0.3, -0.25) is 20.1 Å². The minimum atomic E-state index is -1.47. The highest BCUT2D eigenvalue weighted by atomic mass is 16.7. The molecule has 36 heavy (non-hydrogen) atoms. The molecule has 0 aromatic heterocycles. The van der Waals surface area contributed by atoms with Crippen molar-refractivity contribution < 1.29 is 19.2 Å². The molecule has 1 fully saturated rings. The molecule has 0 radical (unpaired) electrons. The molecule has 3 aromatic carbocycles. The van der Waals surface area contributed by atoms with E-state index in [0.717, 1.165) is 22.3 Å². The van der Waals surface area contributed by atoms with Crippen LogP contribution in [0.25, 0.3) is 11.1 Å². The number of hydrogen-bond acceptors (Lipinski definition) is 6. The lowest BCUT2D eigenvalue weighted by molar-refractivity contribution is -0.221. The molecule has 2 heterocycles. The van der Waals surface area contributed by atoms with Crippen molar-refractivity contribution >= 4 is 17.8 Å². The highest BCUT2D eigenvalue weighted by molar-refractivity contribution is 5.94. The highest BCUT2D eigenvalue weighted by Crippen LogP contribution is 2.45. The lowest BCUT2D eigenvalue weighted by Gasteiger charge is -2.35. The summed E-state index contributed by atoms with van der Waals surface area (Å²) in [6.07, 6.45) is -0.977. The molecule has 3 aromatic rings. The number of amides is 2. The fourth-order valence-electron chi connectivity index (χ4n) is 5.26. The van der Waals surface area contributed by atoms with Crippen molar-refractivity contribution in [2.24, 2.45) is 5.73 Å². The van der Waals surface area contributed by atoms with Crippen LogP contribution in [-0.2, 0) is 37.8 Å². The number of benzene rings is 3. The second-order valence-corrected chi connectivity index (χ2v) is 9.21. The Morgan fingerprint density at radius 1 is 0.944 bits per heavy atom. The zero-order valence-corrected chi connectivity index (χ0v) is 20.5. The third kappa shape index (κ3) is 3.57. The predicted molar refractivity (Wildman–Crippen MR) is 133 cm³/mol. The van der Waals surface area contributed by atoms with E-state index in [2.05, 4.69) is 0 Å². The fourth-order valence-corrected chi connectivity index (χ4v) is 5.26. The van der Waals surface area contributed by atoms with E-state index >= 15 is 0 Å². The van der Waals surface area contributed by atoms with Gasteiger partial charge in [-0.2, -0.15) is 0 Å². The summed E-state index contributed by atoms with van der Waals surface area (Å²) >= 11 is 0. The van der Waals surface area contributed by atoms with Gasteiger partial charge in [0.15, 0.2) is 11.8 Å². The minimum Gasteiger partial charge on any atom is -0.363 e. The lowest BCUT2D eigenvalue weighted by Crippen LogP contribution is -2.52. The molecule has 1 saturated heterocycles. The Bertz CT molecular complexity index is 1360. The van der Waals surface area contributed by atoms with E-state index in [9.17, 15) is 14.4 Å². The average molecular weight is 485 g/mol. The maximum atomic E-state index is 14.0. The Kier molecular flexibility index (Phi) is 5.86. The molecule has 2 amide bonds. The Balaban J connectivity index is 1.71. The number of carbonyl (C=O) groups is 3. The monoisotopic (exact) mass is 484 g/mol. The molecule has 5 rings (SSSR count). The summed E-state index contributed by atoms with van der Waals surface area (Å²) in [6.45, 7) is 3.96. The van der Waals surface area contributed by atoms with Gasteiger partial charge < -0.3 is 14.6 Å². The number of rotatable bonds is 4. The Hall–Kier alpha value is -4.01. The number of nitrogens with two attached hydrogens (primary N) is 1. The first-order valence-electron chi connectivity index (χ1n) is 11.8. The number of hydroxylamine groups is 2. The molecule has 184 valence electrons. The van der Waals surface area contributed by atoms with E-state index < -0.39 is 17.8 Å². The van der Waals surface area contributed by atoms with Crippen molar-refractivity contribution in [3.05, 3.63) is 95.1 Å². The van der Waals surface area contributed by atoms with Crippen molar-refractivity contribution in [2.75, 3.05) is 7.05 Å². The smallest absolute Gasteiger partial charge is 0.322 e. The third-order valence-corrected chi connectivity index (χ3v) is 7.04.